The minimum absolute atomic E-state index is 0.0594. The van der Waals surface area contributed by atoms with Crippen LogP contribution in [0.1, 0.15) is 26.2 Å². The van der Waals surface area contributed by atoms with Gasteiger partial charge in [-0.15, -0.1) is 0 Å². The molecule has 0 saturated carbocycles. The van der Waals surface area contributed by atoms with Crippen LogP contribution >= 0.6 is 15.9 Å². The molecule has 2 atom stereocenters. The molecule has 0 aromatic heterocycles. The monoisotopic (exact) mass is 355 g/mol. The van der Waals surface area contributed by atoms with Gasteiger partial charge in [-0.1, -0.05) is 13.3 Å². The lowest BCUT2D eigenvalue weighted by Gasteiger charge is -2.28. The first-order valence-corrected chi connectivity index (χ1v) is 7.78. The SMILES string of the molecule is CCC1CCNC(C(=O)Nc2ccc(Br)c([N+](=O)[O-])c2)C1. The van der Waals surface area contributed by atoms with Gasteiger partial charge in [0.15, 0.2) is 0 Å². The van der Waals surface area contributed by atoms with Gasteiger partial charge in [-0.3, -0.25) is 14.9 Å². The topological polar surface area (TPSA) is 84.3 Å². The van der Waals surface area contributed by atoms with Crippen molar-refractivity contribution in [3.63, 3.8) is 0 Å². The number of nitro benzene ring substituents is 1. The Labute approximate surface area is 131 Å². The normalized spacial score (nSPS) is 21.8. The number of hydrogen-bond donors (Lipinski definition) is 2. The van der Waals surface area contributed by atoms with Crippen LogP contribution in [-0.2, 0) is 4.79 Å². The number of anilines is 1. The quantitative estimate of drug-likeness (QED) is 0.641. The number of rotatable bonds is 4. The van der Waals surface area contributed by atoms with Gasteiger partial charge in [0.25, 0.3) is 5.69 Å². The zero-order valence-corrected chi connectivity index (χ0v) is 13.4. The minimum atomic E-state index is -0.480. The third kappa shape index (κ3) is 4.01. The van der Waals surface area contributed by atoms with Crippen LogP contribution in [0.15, 0.2) is 22.7 Å². The minimum Gasteiger partial charge on any atom is -0.324 e. The summed E-state index contributed by atoms with van der Waals surface area (Å²) in [6.45, 7) is 2.96. The fraction of sp³-hybridized carbons (Fsp3) is 0.500. The molecule has 0 spiro atoms. The molecular formula is C14H18BrN3O3. The van der Waals surface area contributed by atoms with Crippen molar-refractivity contribution in [1.82, 2.24) is 5.32 Å². The highest BCUT2D eigenvalue weighted by molar-refractivity contribution is 9.10. The Hall–Kier alpha value is -1.47. The summed E-state index contributed by atoms with van der Waals surface area (Å²) < 4.78 is 0.396. The van der Waals surface area contributed by atoms with Crippen molar-refractivity contribution >= 4 is 33.2 Å². The molecule has 1 heterocycles. The average Bonchev–Trinajstić information content (AvgIpc) is 2.49. The van der Waals surface area contributed by atoms with Crippen molar-refractivity contribution in [3.05, 3.63) is 32.8 Å². The summed E-state index contributed by atoms with van der Waals surface area (Å²) in [6, 6.07) is 4.35. The van der Waals surface area contributed by atoms with E-state index in [-0.39, 0.29) is 17.6 Å². The summed E-state index contributed by atoms with van der Waals surface area (Å²) in [5.74, 6) is 0.422. The number of benzene rings is 1. The zero-order valence-electron chi connectivity index (χ0n) is 11.8. The maximum atomic E-state index is 12.2. The summed E-state index contributed by atoms with van der Waals surface area (Å²) in [5.41, 5.74) is 0.381. The van der Waals surface area contributed by atoms with E-state index in [1.54, 1.807) is 12.1 Å². The van der Waals surface area contributed by atoms with Gasteiger partial charge in [-0.25, -0.2) is 0 Å². The highest BCUT2D eigenvalue weighted by atomic mass is 79.9. The molecule has 1 aromatic carbocycles. The molecule has 2 unspecified atom stereocenters. The molecule has 114 valence electrons. The van der Waals surface area contributed by atoms with Crippen LogP contribution < -0.4 is 10.6 Å². The number of halogens is 1. The number of nitrogens with one attached hydrogen (secondary N) is 2. The maximum Gasteiger partial charge on any atom is 0.285 e. The summed E-state index contributed by atoms with van der Waals surface area (Å²) >= 11 is 3.12. The Morgan fingerprint density at radius 1 is 1.57 bits per heavy atom. The number of amides is 1. The predicted octanol–water partition coefficient (Wildman–Crippen LogP) is 3.07. The van der Waals surface area contributed by atoms with Crippen LogP contribution in [0.2, 0.25) is 0 Å². The summed E-state index contributed by atoms with van der Waals surface area (Å²) in [6.07, 6.45) is 2.96. The van der Waals surface area contributed by atoms with Gasteiger partial charge < -0.3 is 10.6 Å². The van der Waals surface area contributed by atoms with Gasteiger partial charge in [-0.05, 0) is 53.4 Å². The Morgan fingerprint density at radius 3 is 3.00 bits per heavy atom. The molecule has 1 fully saturated rings. The lowest BCUT2D eigenvalue weighted by Crippen LogP contribution is -2.46. The van der Waals surface area contributed by atoms with Crippen molar-refractivity contribution in [2.75, 3.05) is 11.9 Å². The molecule has 2 N–H and O–H groups in total. The second-order valence-electron chi connectivity index (χ2n) is 5.22. The Morgan fingerprint density at radius 2 is 2.33 bits per heavy atom. The molecule has 1 aliphatic heterocycles. The third-order valence-corrected chi connectivity index (χ3v) is 4.49. The second kappa shape index (κ2) is 7.00. The van der Waals surface area contributed by atoms with Gasteiger partial charge in [0.1, 0.15) is 0 Å². The number of nitro groups is 1. The van der Waals surface area contributed by atoms with Crippen LogP contribution in [0.25, 0.3) is 0 Å². The molecule has 6 nitrogen and oxygen atoms in total. The Bertz CT molecular complexity index is 550. The van der Waals surface area contributed by atoms with Crippen molar-refractivity contribution in [1.29, 1.82) is 0 Å². The molecular weight excluding hydrogens is 338 g/mol. The number of carbonyl (C=O) groups excluding carboxylic acids is 1. The molecule has 1 aromatic rings. The first-order chi connectivity index (χ1) is 10.0. The molecule has 0 radical (unpaired) electrons. The number of hydrogen-bond acceptors (Lipinski definition) is 4. The van der Waals surface area contributed by atoms with Crippen molar-refractivity contribution in [2.45, 2.75) is 32.2 Å². The summed E-state index contributed by atoms with van der Waals surface area (Å²) in [4.78, 5) is 22.7. The van der Waals surface area contributed by atoms with Crippen LogP contribution in [0.5, 0.6) is 0 Å². The molecule has 0 bridgehead atoms. The fourth-order valence-electron chi connectivity index (χ4n) is 2.53. The highest BCUT2D eigenvalue weighted by Crippen LogP contribution is 2.28. The summed E-state index contributed by atoms with van der Waals surface area (Å²) in [7, 11) is 0. The van der Waals surface area contributed by atoms with Gasteiger partial charge in [0.2, 0.25) is 5.91 Å². The predicted molar refractivity (Wildman–Crippen MR) is 84.2 cm³/mol. The van der Waals surface area contributed by atoms with E-state index in [1.165, 1.54) is 6.07 Å². The van der Waals surface area contributed by atoms with E-state index < -0.39 is 4.92 Å². The smallest absolute Gasteiger partial charge is 0.285 e. The van der Waals surface area contributed by atoms with Gasteiger partial charge in [-0.2, -0.15) is 0 Å². The lowest BCUT2D eigenvalue weighted by atomic mass is 9.90. The van der Waals surface area contributed by atoms with E-state index >= 15 is 0 Å². The van der Waals surface area contributed by atoms with Crippen LogP contribution in [0.4, 0.5) is 11.4 Å². The van der Waals surface area contributed by atoms with Crippen molar-refractivity contribution in [3.8, 4) is 0 Å². The fourth-order valence-corrected chi connectivity index (χ4v) is 2.92. The largest absolute Gasteiger partial charge is 0.324 e. The Balaban J connectivity index is 2.05. The average molecular weight is 356 g/mol. The van der Waals surface area contributed by atoms with Gasteiger partial charge in [0, 0.05) is 11.8 Å². The molecule has 1 amide bonds. The number of carbonyl (C=O) groups is 1. The maximum absolute atomic E-state index is 12.2. The molecule has 0 aliphatic carbocycles. The molecule has 7 heteroatoms. The summed E-state index contributed by atoms with van der Waals surface area (Å²) in [5, 5.41) is 16.8. The van der Waals surface area contributed by atoms with Crippen LogP contribution in [-0.4, -0.2) is 23.4 Å². The highest BCUT2D eigenvalue weighted by Gasteiger charge is 2.26. The van der Waals surface area contributed by atoms with Crippen LogP contribution in [0, 0.1) is 16.0 Å². The van der Waals surface area contributed by atoms with E-state index in [0.29, 0.717) is 16.1 Å². The third-order valence-electron chi connectivity index (χ3n) is 3.82. The molecule has 1 aliphatic rings. The van der Waals surface area contributed by atoms with E-state index in [0.717, 1.165) is 25.8 Å². The molecule has 1 saturated heterocycles. The van der Waals surface area contributed by atoms with Crippen molar-refractivity contribution in [2.24, 2.45) is 5.92 Å². The first-order valence-electron chi connectivity index (χ1n) is 6.99. The van der Waals surface area contributed by atoms with Crippen LogP contribution in [0.3, 0.4) is 0 Å². The standard InChI is InChI=1S/C14H18BrN3O3/c1-2-9-5-6-16-12(7-9)14(19)17-10-3-4-11(15)13(8-10)18(20)21/h3-4,8-9,12,16H,2,5-7H2,1H3,(H,17,19). The molecule has 2 rings (SSSR count). The van der Waals surface area contributed by atoms with Crippen molar-refractivity contribution < 1.29 is 9.72 Å². The van der Waals surface area contributed by atoms with E-state index in [9.17, 15) is 14.9 Å². The number of nitrogens with zero attached hydrogens (tertiary/aromatic N) is 1. The van der Waals surface area contributed by atoms with E-state index in [4.69, 9.17) is 0 Å². The lowest BCUT2D eigenvalue weighted by molar-refractivity contribution is -0.385. The molecule has 21 heavy (non-hydrogen) atoms. The first kappa shape index (κ1) is 15.9. The van der Waals surface area contributed by atoms with Gasteiger partial charge in [0.05, 0.1) is 15.4 Å². The number of piperidine rings is 1. The zero-order chi connectivity index (χ0) is 15.4. The van der Waals surface area contributed by atoms with E-state index in [1.807, 2.05) is 0 Å². The second-order valence-corrected chi connectivity index (χ2v) is 6.07. The van der Waals surface area contributed by atoms with E-state index in [2.05, 4.69) is 33.5 Å². The van der Waals surface area contributed by atoms with Gasteiger partial charge >= 0.3 is 0 Å². The Kier molecular flexibility index (Phi) is 5.30.